The predicted molar refractivity (Wildman–Crippen MR) is 201 cm³/mol. The van der Waals surface area contributed by atoms with Crippen LogP contribution >= 0.6 is 0 Å². The summed E-state index contributed by atoms with van der Waals surface area (Å²) in [6.45, 7) is 12.2. The van der Waals surface area contributed by atoms with Crippen molar-refractivity contribution < 1.29 is 51.0 Å². The number of halogens is 1. The first-order chi connectivity index (χ1) is 26.0. The van der Waals surface area contributed by atoms with Gasteiger partial charge in [0.2, 0.25) is 21.8 Å². The van der Waals surface area contributed by atoms with E-state index in [4.69, 9.17) is 9.47 Å². The van der Waals surface area contributed by atoms with Gasteiger partial charge in [-0.3, -0.25) is 28.8 Å². The number of sulfonamides is 1. The normalized spacial score (nSPS) is 24.0. The smallest absolute Gasteiger partial charge is 0.410 e. The van der Waals surface area contributed by atoms with Crippen molar-refractivity contribution in [3.63, 3.8) is 0 Å². The zero-order valence-electron chi connectivity index (χ0n) is 33.1. The van der Waals surface area contributed by atoms with Gasteiger partial charge >= 0.3 is 12.2 Å². The summed E-state index contributed by atoms with van der Waals surface area (Å²) in [7, 11) is -3.94. The summed E-state index contributed by atoms with van der Waals surface area (Å²) in [6, 6.07) is 1.84. The van der Waals surface area contributed by atoms with Crippen molar-refractivity contribution >= 4 is 45.7 Å². The highest BCUT2D eigenvalue weighted by Gasteiger charge is 2.62. The van der Waals surface area contributed by atoms with Gasteiger partial charge < -0.3 is 25.0 Å². The number of fused-ring (bicyclic) bond motifs is 1. The van der Waals surface area contributed by atoms with Crippen molar-refractivity contribution in [2.75, 3.05) is 6.54 Å². The van der Waals surface area contributed by atoms with Gasteiger partial charge in [-0.15, -0.1) is 0 Å². The van der Waals surface area contributed by atoms with Crippen molar-refractivity contribution in [2.45, 2.75) is 141 Å². The van der Waals surface area contributed by atoms with E-state index < -0.39 is 80.3 Å². The lowest BCUT2D eigenvalue weighted by Crippen LogP contribution is -2.58. The second-order valence-electron chi connectivity index (χ2n) is 17.3. The molecule has 2 aliphatic heterocycles. The summed E-state index contributed by atoms with van der Waals surface area (Å²) in [5, 5.41) is 4.61. The highest BCUT2D eigenvalue weighted by Crippen LogP contribution is 2.47. The van der Waals surface area contributed by atoms with Gasteiger partial charge in [0.25, 0.3) is 5.91 Å². The van der Waals surface area contributed by atoms with E-state index in [1.807, 2.05) is 20.8 Å². The fourth-order valence-electron chi connectivity index (χ4n) is 7.02. The third-order valence-corrected chi connectivity index (χ3v) is 12.1. The van der Waals surface area contributed by atoms with Crippen LogP contribution in [0, 0.1) is 17.2 Å². The van der Waals surface area contributed by atoms with Crippen molar-refractivity contribution in [3.8, 4) is 0 Å². The Balaban J connectivity index is 1.39. The number of benzene rings is 1. The van der Waals surface area contributed by atoms with Crippen LogP contribution < -0.4 is 15.4 Å². The number of ketones is 1. The zero-order chi connectivity index (χ0) is 41.4. The number of nitrogens with one attached hydrogen (secondary N) is 3. The Morgan fingerprint density at radius 2 is 1.75 bits per heavy atom. The van der Waals surface area contributed by atoms with Gasteiger partial charge in [0.15, 0.2) is 5.78 Å². The van der Waals surface area contributed by atoms with E-state index in [1.54, 1.807) is 45.9 Å². The molecule has 0 radical (unpaired) electrons. The first-order valence-electron chi connectivity index (χ1n) is 19.1. The van der Waals surface area contributed by atoms with Crippen molar-refractivity contribution in [3.05, 3.63) is 47.3 Å². The third-order valence-electron chi connectivity index (χ3n) is 10.3. The maximum atomic E-state index is 14.5. The van der Waals surface area contributed by atoms with E-state index in [-0.39, 0.29) is 62.4 Å². The summed E-state index contributed by atoms with van der Waals surface area (Å²) in [5.74, 6) is -3.57. The minimum Gasteiger partial charge on any atom is -0.444 e. The first-order valence-corrected chi connectivity index (χ1v) is 20.7. The number of carbonyl (C=O) groups excluding carboxylic acids is 6. The van der Waals surface area contributed by atoms with Crippen LogP contribution in [0.25, 0.3) is 0 Å². The van der Waals surface area contributed by atoms with Gasteiger partial charge in [-0.05, 0) is 75.5 Å². The lowest BCUT2D eigenvalue weighted by molar-refractivity contribution is -0.141. The van der Waals surface area contributed by atoms with E-state index in [0.717, 1.165) is 4.90 Å². The molecule has 56 heavy (non-hydrogen) atoms. The topological polar surface area (TPSA) is 198 Å². The molecule has 2 heterocycles. The summed E-state index contributed by atoms with van der Waals surface area (Å²) >= 11 is 0. The second kappa shape index (κ2) is 16.1. The number of amides is 5. The Morgan fingerprint density at radius 3 is 2.34 bits per heavy atom. The lowest BCUT2D eigenvalue weighted by Gasteiger charge is -2.30. The number of nitrogens with zero attached hydrogens (tertiary/aromatic N) is 2. The van der Waals surface area contributed by atoms with Crippen LogP contribution in [0.1, 0.15) is 105 Å². The van der Waals surface area contributed by atoms with E-state index in [9.17, 15) is 41.6 Å². The van der Waals surface area contributed by atoms with E-state index in [0.29, 0.717) is 30.4 Å². The fourth-order valence-corrected chi connectivity index (χ4v) is 8.38. The number of rotatable bonds is 13. The number of ether oxygens (including phenoxy) is 2. The number of likely N-dealkylation sites (tertiary alicyclic amines) is 1. The fraction of sp³-hybridized carbons (Fsp3) is 0.641. The highest BCUT2D eigenvalue weighted by atomic mass is 32.2. The molecule has 3 N–H and O–H groups in total. The monoisotopic (exact) mass is 803 g/mol. The van der Waals surface area contributed by atoms with Gasteiger partial charge in [-0.25, -0.2) is 22.4 Å². The molecule has 4 aliphatic rings. The zero-order valence-corrected chi connectivity index (χ0v) is 33.9. The van der Waals surface area contributed by atoms with Gasteiger partial charge in [0.05, 0.1) is 18.3 Å². The van der Waals surface area contributed by atoms with Crippen LogP contribution in [-0.4, -0.2) is 95.0 Å². The maximum absolute atomic E-state index is 14.5. The molecular formula is C39H54FN5O10S. The highest BCUT2D eigenvalue weighted by molar-refractivity contribution is 7.91. The third kappa shape index (κ3) is 10.4. The van der Waals surface area contributed by atoms with E-state index in [1.165, 1.54) is 17.0 Å². The van der Waals surface area contributed by atoms with Crippen molar-refractivity contribution in [2.24, 2.45) is 11.3 Å². The number of carbonyl (C=O) groups is 6. The van der Waals surface area contributed by atoms with Gasteiger partial charge in [0, 0.05) is 24.9 Å². The molecule has 0 spiro atoms. The number of alkyl carbamates (subject to hydrolysis) is 1. The Kier molecular flexibility index (Phi) is 12.3. The standard InChI is InChI=1S/C39H54FN5O10S/c1-8-24-19-39(24,34(49)43-56(52,53)27-13-14-27)42-32(47)31-18-26(54-36(51)44-20-23-10-9-11-29(40)28(23)22-44)21-45(31)33(48)30(41-35(50)55-38(5,6)7)15-12-25(46)16-17-37(2,3)4/h9-11,16-17,24,26-27,30-31H,8,12-15,18-22H2,1-7H3,(H,41,50)(H,42,47)(H,43,49)/t24-,26-,30+,31+,39-/m1/s1. The average molecular weight is 804 g/mol. The summed E-state index contributed by atoms with van der Waals surface area (Å²) < 4.78 is 53.2. The Morgan fingerprint density at radius 1 is 1.05 bits per heavy atom. The molecule has 1 aromatic rings. The molecule has 2 saturated carbocycles. The predicted octanol–water partition coefficient (Wildman–Crippen LogP) is 3.99. The molecule has 0 bridgehead atoms. The SMILES string of the molecule is CC[C@@H]1C[C@]1(NC(=O)[C@@H]1C[C@@H](OC(=O)N2Cc3cccc(F)c3C2)CN1C(=O)[C@H](CCC(=O)C=CC(C)(C)C)NC(=O)OC(C)(C)C)C(=O)NS(=O)(=O)C1CC1. The van der Waals surface area contributed by atoms with Crippen LogP contribution in [0.3, 0.4) is 0 Å². The minimum atomic E-state index is -3.94. The first kappa shape index (κ1) is 42.6. The molecular weight excluding hydrogens is 750 g/mol. The number of hydrogen-bond donors (Lipinski definition) is 3. The summed E-state index contributed by atoms with van der Waals surface area (Å²) in [4.78, 5) is 83.9. The molecule has 308 valence electrons. The molecule has 1 saturated heterocycles. The largest absolute Gasteiger partial charge is 0.444 e. The quantitative estimate of drug-likeness (QED) is 0.245. The summed E-state index contributed by atoms with van der Waals surface area (Å²) in [6.07, 6.45) is 1.30. The van der Waals surface area contributed by atoms with Crippen molar-refractivity contribution in [1.82, 2.24) is 25.2 Å². The van der Waals surface area contributed by atoms with Gasteiger partial charge in [-0.2, -0.15) is 0 Å². The molecule has 5 amide bonds. The second-order valence-corrected chi connectivity index (χ2v) is 19.3. The minimum absolute atomic E-state index is 0.0422. The number of hydrogen-bond acceptors (Lipinski definition) is 10. The van der Waals surface area contributed by atoms with Crippen molar-refractivity contribution in [1.29, 1.82) is 0 Å². The molecule has 17 heteroatoms. The van der Waals surface area contributed by atoms with Gasteiger partial charge in [-0.1, -0.05) is 52.3 Å². The Bertz CT molecular complexity index is 1890. The number of allylic oxidation sites excluding steroid dienone is 2. The molecule has 15 nitrogen and oxygen atoms in total. The molecule has 1 aromatic carbocycles. The molecule has 3 fully saturated rings. The van der Waals surface area contributed by atoms with Crippen LogP contribution in [0.15, 0.2) is 30.4 Å². The Hall–Kier alpha value is -4.54. The molecule has 0 unspecified atom stereocenters. The lowest BCUT2D eigenvalue weighted by atomic mass is 9.95. The molecule has 0 aromatic heterocycles. The Labute approximate surface area is 327 Å². The molecule has 5 rings (SSSR count). The molecule has 5 atom stereocenters. The maximum Gasteiger partial charge on any atom is 0.410 e. The van der Waals surface area contributed by atoms with E-state index >= 15 is 0 Å². The van der Waals surface area contributed by atoms with Crippen LogP contribution in [0.4, 0.5) is 14.0 Å². The van der Waals surface area contributed by atoms with Gasteiger partial charge in [0.1, 0.15) is 35.1 Å². The van der Waals surface area contributed by atoms with Crippen LogP contribution in [0.2, 0.25) is 0 Å². The summed E-state index contributed by atoms with van der Waals surface area (Å²) in [5.41, 5.74) is -1.80. The average Bonchev–Trinajstić information content (AvgIpc) is 3.98. The molecule has 2 aliphatic carbocycles. The van der Waals surface area contributed by atoms with E-state index in [2.05, 4.69) is 15.4 Å². The van der Waals surface area contributed by atoms with Crippen LogP contribution in [0.5, 0.6) is 0 Å². The van der Waals surface area contributed by atoms with Crippen LogP contribution in [-0.2, 0) is 51.8 Å².